The zero-order valence-corrected chi connectivity index (χ0v) is 7.07. The lowest BCUT2D eigenvalue weighted by Gasteiger charge is -2.08. The van der Waals surface area contributed by atoms with Crippen LogP contribution < -0.4 is 0 Å². The molecule has 0 N–H and O–H groups in total. The van der Waals surface area contributed by atoms with Crippen molar-refractivity contribution in [2.45, 2.75) is 6.42 Å². The third kappa shape index (κ3) is 2.12. The molecule has 2 heteroatoms. The summed E-state index contributed by atoms with van der Waals surface area (Å²) in [6, 6.07) is 10.1. The first kappa shape index (κ1) is 7.92. The van der Waals surface area contributed by atoms with Crippen LogP contribution in [0.25, 0.3) is 0 Å². The maximum Gasteiger partial charge on any atom is 0.207 e. The highest BCUT2D eigenvalue weighted by molar-refractivity contribution is 5.19. The van der Waals surface area contributed by atoms with E-state index in [-0.39, 0.29) is 0 Å². The van der Waals surface area contributed by atoms with Crippen LogP contribution in [0.15, 0.2) is 48.6 Å². The summed E-state index contributed by atoms with van der Waals surface area (Å²) in [6.45, 7) is 0. The first-order chi connectivity index (χ1) is 6.45. The van der Waals surface area contributed by atoms with Crippen molar-refractivity contribution in [2.75, 3.05) is 0 Å². The molecule has 2 nitrogen and oxygen atoms in total. The van der Waals surface area contributed by atoms with E-state index in [1.54, 1.807) is 6.26 Å². The van der Waals surface area contributed by atoms with Crippen LogP contribution in [0, 0.1) is 6.26 Å². The molecule has 0 bridgehead atoms. The normalized spacial score (nSPS) is 14.3. The average Bonchev–Trinajstić information content (AvgIpc) is 2.21. The van der Waals surface area contributed by atoms with Crippen LogP contribution in [0.2, 0.25) is 0 Å². The van der Waals surface area contributed by atoms with Gasteiger partial charge in [0, 0.05) is 6.42 Å². The van der Waals surface area contributed by atoms with Gasteiger partial charge in [0.25, 0.3) is 0 Å². The second-order valence-electron chi connectivity index (χ2n) is 2.72. The molecule has 0 spiro atoms. The smallest absolute Gasteiger partial charge is 0.207 e. The van der Waals surface area contributed by atoms with Gasteiger partial charge in [0.05, 0.1) is 0 Å². The Kier molecular flexibility index (Phi) is 2.32. The molecule has 1 heterocycles. The molecule has 0 aromatic heterocycles. The van der Waals surface area contributed by atoms with Crippen LogP contribution in [0.5, 0.6) is 0 Å². The van der Waals surface area contributed by atoms with Gasteiger partial charge in [0.1, 0.15) is 18.3 Å². The fraction of sp³-hybridized carbons (Fsp3) is 0.0909. The average molecular weight is 173 g/mol. The molecule has 1 radical (unpaired) electrons. The number of hydrogen-bond acceptors (Lipinski definition) is 2. The quantitative estimate of drug-likeness (QED) is 0.683. The monoisotopic (exact) mass is 173 g/mol. The first-order valence-electron chi connectivity index (χ1n) is 4.07. The third-order valence-electron chi connectivity index (χ3n) is 1.73. The van der Waals surface area contributed by atoms with E-state index in [2.05, 4.69) is 6.26 Å². The molecule has 65 valence electrons. The number of benzene rings is 1. The summed E-state index contributed by atoms with van der Waals surface area (Å²) in [5, 5.41) is 0. The zero-order chi connectivity index (χ0) is 8.93. The van der Waals surface area contributed by atoms with Crippen molar-refractivity contribution < 1.29 is 9.47 Å². The van der Waals surface area contributed by atoms with Crippen molar-refractivity contribution in [3.8, 4) is 0 Å². The predicted molar refractivity (Wildman–Crippen MR) is 48.2 cm³/mol. The zero-order valence-electron chi connectivity index (χ0n) is 7.07. The van der Waals surface area contributed by atoms with Gasteiger partial charge in [0.15, 0.2) is 0 Å². The van der Waals surface area contributed by atoms with Crippen molar-refractivity contribution in [3.05, 3.63) is 60.4 Å². The summed E-state index contributed by atoms with van der Waals surface area (Å²) < 4.78 is 10.0. The van der Waals surface area contributed by atoms with Crippen molar-refractivity contribution in [3.63, 3.8) is 0 Å². The van der Waals surface area contributed by atoms with E-state index in [0.29, 0.717) is 0 Å². The van der Waals surface area contributed by atoms with E-state index in [1.165, 1.54) is 11.8 Å². The van der Waals surface area contributed by atoms with Crippen LogP contribution in [0.4, 0.5) is 0 Å². The lowest BCUT2D eigenvalue weighted by atomic mass is 10.1. The SMILES string of the molecule is [C]1=COC=C(Cc2ccccc2)O1. The van der Waals surface area contributed by atoms with Gasteiger partial charge >= 0.3 is 0 Å². The van der Waals surface area contributed by atoms with Crippen LogP contribution in [-0.4, -0.2) is 0 Å². The van der Waals surface area contributed by atoms with Crippen molar-refractivity contribution >= 4 is 0 Å². The highest BCUT2D eigenvalue weighted by atomic mass is 16.5. The Bertz CT molecular complexity index is 325. The Hall–Kier alpha value is -1.70. The molecule has 1 aliphatic heterocycles. The lowest BCUT2D eigenvalue weighted by molar-refractivity contribution is 0.232. The molecule has 1 aromatic carbocycles. The number of rotatable bonds is 2. The van der Waals surface area contributed by atoms with E-state index in [4.69, 9.17) is 9.47 Å². The highest BCUT2D eigenvalue weighted by Gasteiger charge is 2.02. The summed E-state index contributed by atoms with van der Waals surface area (Å²) in [6.07, 6.45) is 6.25. The van der Waals surface area contributed by atoms with E-state index in [9.17, 15) is 0 Å². The first-order valence-corrected chi connectivity index (χ1v) is 4.07. The number of allylic oxidation sites excluding steroid dienone is 1. The van der Waals surface area contributed by atoms with E-state index in [1.807, 2.05) is 30.3 Å². The van der Waals surface area contributed by atoms with Gasteiger partial charge in [-0.3, -0.25) is 0 Å². The molecule has 0 saturated heterocycles. The minimum absolute atomic E-state index is 0.738. The molecule has 1 aromatic rings. The van der Waals surface area contributed by atoms with E-state index in [0.717, 1.165) is 12.2 Å². The third-order valence-corrected chi connectivity index (χ3v) is 1.73. The molecule has 0 atom stereocenters. The minimum Gasteiger partial charge on any atom is -0.465 e. The van der Waals surface area contributed by atoms with Gasteiger partial charge in [-0.15, -0.1) is 0 Å². The van der Waals surface area contributed by atoms with Gasteiger partial charge in [-0.25, -0.2) is 0 Å². The molecule has 13 heavy (non-hydrogen) atoms. The fourth-order valence-electron chi connectivity index (χ4n) is 1.14. The summed E-state index contributed by atoms with van der Waals surface area (Å²) in [4.78, 5) is 0. The molecule has 0 saturated carbocycles. The molecule has 0 amide bonds. The molecule has 0 unspecified atom stereocenters. The highest BCUT2D eigenvalue weighted by Crippen LogP contribution is 2.11. The summed E-state index contributed by atoms with van der Waals surface area (Å²) in [5.74, 6) is 0.772. The van der Waals surface area contributed by atoms with Gasteiger partial charge in [-0.2, -0.15) is 0 Å². The van der Waals surface area contributed by atoms with Crippen molar-refractivity contribution in [1.29, 1.82) is 0 Å². The van der Waals surface area contributed by atoms with E-state index < -0.39 is 0 Å². The van der Waals surface area contributed by atoms with E-state index >= 15 is 0 Å². The van der Waals surface area contributed by atoms with Crippen LogP contribution in [0.1, 0.15) is 5.56 Å². The van der Waals surface area contributed by atoms with Gasteiger partial charge in [0.2, 0.25) is 6.26 Å². The Morgan fingerprint density at radius 1 is 1.15 bits per heavy atom. The second kappa shape index (κ2) is 3.81. The predicted octanol–water partition coefficient (Wildman–Crippen LogP) is 2.39. The standard InChI is InChI=1S/C11H9O2/c1-2-4-10(5-3-1)8-11-9-12-6-7-13-11/h1-6,9H,8H2. The second-order valence-corrected chi connectivity index (χ2v) is 2.72. The summed E-state index contributed by atoms with van der Waals surface area (Å²) in [5.41, 5.74) is 1.20. The maximum atomic E-state index is 5.11. The largest absolute Gasteiger partial charge is 0.465 e. The topological polar surface area (TPSA) is 18.5 Å². The van der Waals surface area contributed by atoms with Crippen LogP contribution in [-0.2, 0) is 15.9 Å². The molecule has 2 rings (SSSR count). The molecular weight excluding hydrogens is 164 g/mol. The Balaban J connectivity index is 2.02. The van der Waals surface area contributed by atoms with Gasteiger partial charge in [-0.05, 0) is 5.56 Å². The number of hydrogen-bond donors (Lipinski definition) is 0. The molecule has 0 aliphatic carbocycles. The van der Waals surface area contributed by atoms with Crippen molar-refractivity contribution in [1.82, 2.24) is 0 Å². The molecule has 0 fully saturated rings. The van der Waals surface area contributed by atoms with Gasteiger partial charge in [-0.1, -0.05) is 30.3 Å². The maximum absolute atomic E-state index is 5.11. The summed E-state index contributed by atoms with van der Waals surface area (Å²) in [7, 11) is 0. The van der Waals surface area contributed by atoms with Gasteiger partial charge < -0.3 is 9.47 Å². The van der Waals surface area contributed by atoms with Crippen molar-refractivity contribution in [2.24, 2.45) is 0 Å². The van der Waals surface area contributed by atoms with Crippen LogP contribution in [0.3, 0.4) is 0 Å². The molecular formula is C11H9O2. The Morgan fingerprint density at radius 2 is 2.00 bits per heavy atom. The molecule has 1 aliphatic rings. The Labute approximate surface area is 77.1 Å². The number of ether oxygens (including phenoxy) is 2. The summed E-state index contributed by atoms with van der Waals surface area (Å²) >= 11 is 0. The lowest BCUT2D eigenvalue weighted by Crippen LogP contribution is -1.96. The minimum atomic E-state index is 0.738. The van der Waals surface area contributed by atoms with Crippen LogP contribution >= 0.6 is 0 Å². The Morgan fingerprint density at radius 3 is 2.69 bits per heavy atom. The fourth-order valence-corrected chi connectivity index (χ4v) is 1.14.